The predicted molar refractivity (Wildman–Crippen MR) is 106 cm³/mol. The first kappa shape index (κ1) is 18.2. The normalized spacial score (nSPS) is 10.7. The molecule has 4 rings (SSSR count). The van der Waals surface area contributed by atoms with E-state index in [-0.39, 0.29) is 5.56 Å². The molecule has 0 aliphatic carbocycles. The van der Waals surface area contributed by atoms with E-state index in [0.29, 0.717) is 34.0 Å². The van der Waals surface area contributed by atoms with Gasteiger partial charge in [0.05, 0.1) is 30.1 Å². The number of ether oxygens (including phenoxy) is 1. The van der Waals surface area contributed by atoms with Crippen molar-refractivity contribution in [2.75, 3.05) is 12.4 Å². The summed E-state index contributed by atoms with van der Waals surface area (Å²) in [4.78, 5) is 32.5. The van der Waals surface area contributed by atoms with E-state index < -0.39 is 11.9 Å². The Morgan fingerprint density at radius 1 is 1.07 bits per heavy atom. The van der Waals surface area contributed by atoms with Crippen LogP contribution < -0.4 is 5.32 Å². The Kier molecular flexibility index (Phi) is 4.66. The molecule has 0 aliphatic heterocycles. The molecule has 144 valence electrons. The number of methoxy groups -OCH3 is 1. The second kappa shape index (κ2) is 7.43. The number of fused-ring (bicyclic) bond motifs is 1. The van der Waals surface area contributed by atoms with E-state index >= 15 is 0 Å². The molecule has 0 aliphatic rings. The van der Waals surface area contributed by atoms with Gasteiger partial charge in [-0.15, -0.1) is 0 Å². The molecule has 8 nitrogen and oxygen atoms in total. The number of nitrogens with zero attached hydrogens (tertiary/aromatic N) is 3. The number of esters is 1. The lowest BCUT2D eigenvalue weighted by Gasteiger charge is -2.13. The Morgan fingerprint density at radius 3 is 2.55 bits per heavy atom. The number of hydrogen-bond donors (Lipinski definition) is 2. The van der Waals surface area contributed by atoms with Crippen LogP contribution in [-0.4, -0.2) is 38.5 Å². The summed E-state index contributed by atoms with van der Waals surface area (Å²) in [5.74, 6) is -1.04. The summed E-state index contributed by atoms with van der Waals surface area (Å²) in [6.45, 7) is 0. The number of nitrogens with one attached hydrogen (secondary N) is 1. The first-order chi connectivity index (χ1) is 14.1. The van der Waals surface area contributed by atoms with Gasteiger partial charge in [0, 0.05) is 18.0 Å². The lowest BCUT2D eigenvalue weighted by Crippen LogP contribution is -2.07. The van der Waals surface area contributed by atoms with Gasteiger partial charge in [0.25, 0.3) is 0 Å². The van der Waals surface area contributed by atoms with Crippen molar-refractivity contribution in [1.29, 1.82) is 0 Å². The lowest BCUT2D eigenvalue weighted by atomic mass is 10.0. The molecule has 0 unspecified atom stereocenters. The highest BCUT2D eigenvalue weighted by Crippen LogP contribution is 2.34. The number of hydrogen-bond acceptors (Lipinski definition) is 6. The van der Waals surface area contributed by atoms with E-state index in [1.807, 2.05) is 0 Å². The Balaban J connectivity index is 1.94. The average molecular weight is 388 g/mol. The van der Waals surface area contributed by atoms with E-state index in [1.165, 1.54) is 13.2 Å². The summed E-state index contributed by atoms with van der Waals surface area (Å²) < 4.78 is 6.61. The first-order valence-corrected chi connectivity index (χ1v) is 8.69. The number of rotatable bonds is 5. The molecule has 8 heteroatoms. The predicted octanol–water partition coefficient (Wildman–Crippen LogP) is 3.62. The molecule has 0 saturated carbocycles. The van der Waals surface area contributed by atoms with Crippen molar-refractivity contribution in [1.82, 2.24) is 14.4 Å². The molecule has 0 atom stereocenters. The van der Waals surface area contributed by atoms with Gasteiger partial charge >= 0.3 is 11.9 Å². The SMILES string of the molecule is COC(=O)c1ccccc1Nc1c(-c2ccccc2C(=O)O)nc2cnccn12. The first-order valence-electron chi connectivity index (χ1n) is 8.69. The minimum atomic E-state index is -1.06. The maximum atomic E-state index is 12.2. The topological polar surface area (TPSA) is 106 Å². The van der Waals surface area contributed by atoms with Crippen molar-refractivity contribution in [3.05, 3.63) is 78.2 Å². The molecule has 4 aromatic rings. The fourth-order valence-electron chi connectivity index (χ4n) is 3.10. The third-order valence-electron chi connectivity index (χ3n) is 4.43. The molecule has 0 radical (unpaired) electrons. The number of carboxylic acids is 1. The third kappa shape index (κ3) is 3.27. The maximum absolute atomic E-state index is 12.2. The molecule has 0 amide bonds. The molecule has 2 N–H and O–H groups in total. The van der Waals surface area contributed by atoms with E-state index in [0.717, 1.165) is 0 Å². The van der Waals surface area contributed by atoms with Gasteiger partial charge in [0.1, 0.15) is 11.5 Å². The van der Waals surface area contributed by atoms with Crippen molar-refractivity contribution < 1.29 is 19.4 Å². The highest BCUT2D eigenvalue weighted by atomic mass is 16.5. The number of para-hydroxylation sites is 1. The van der Waals surface area contributed by atoms with Crippen LogP contribution in [-0.2, 0) is 4.74 Å². The van der Waals surface area contributed by atoms with Crippen LogP contribution in [0.2, 0.25) is 0 Å². The van der Waals surface area contributed by atoms with Gasteiger partial charge in [0.2, 0.25) is 0 Å². The molecule has 0 fully saturated rings. The summed E-state index contributed by atoms with van der Waals surface area (Å²) in [6.07, 6.45) is 4.88. The van der Waals surface area contributed by atoms with Crippen LogP contribution in [0.5, 0.6) is 0 Å². The Morgan fingerprint density at radius 2 is 1.79 bits per heavy atom. The van der Waals surface area contributed by atoms with Gasteiger partial charge in [-0.05, 0) is 18.2 Å². The summed E-state index contributed by atoms with van der Waals surface area (Å²) >= 11 is 0. The molecule has 2 heterocycles. The summed E-state index contributed by atoms with van der Waals surface area (Å²) in [7, 11) is 1.31. The lowest BCUT2D eigenvalue weighted by molar-refractivity contribution is 0.0601. The van der Waals surface area contributed by atoms with E-state index in [4.69, 9.17) is 4.74 Å². The number of carbonyl (C=O) groups is 2. The zero-order chi connectivity index (χ0) is 20.4. The molecule has 29 heavy (non-hydrogen) atoms. The van der Waals surface area contributed by atoms with Crippen LogP contribution in [0.25, 0.3) is 16.9 Å². The zero-order valence-corrected chi connectivity index (χ0v) is 15.4. The van der Waals surface area contributed by atoms with Crippen LogP contribution in [0, 0.1) is 0 Å². The maximum Gasteiger partial charge on any atom is 0.339 e. The fraction of sp³-hybridized carbons (Fsp3) is 0.0476. The van der Waals surface area contributed by atoms with Crippen molar-refractivity contribution in [3.63, 3.8) is 0 Å². The van der Waals surface area contributed by atoms with Gasteiger partial charge < -0.3 is 15.2 Å². The van der Waals surface area contributed by atoms with Crippen molar-refractivity contribution in [2.24, 2.45) is 0 Å². The number of anilines is 2. The van der Waals surface area contributed by atoms with Crippen LogP contribution in [0.15, 0.2) is 67.1 Å². The molecule has 0 saturated heterocycles. The smallest absolute Gasteiger partial charge is 0.339 e. The summed E-state index contributed by atoms with van der Waals surface area (Å²) in [6, 6.07) is 13.5. The van der Waals surface area contributed by atoms with Crippen LogP contribution in [0.3, 0.4) is 0 Å². The molecule has 0 bridgehead atoms. The second-order valence-electron chi connectivity index (χ2n) is 6.13. The summed E-state index contributed by atoms with van der Waals surface area (Å²) in [5, 5.41) is 12.8. The van der Waals surface area contributed by atoms with Gasteiger partial charge in [-0.25, -0.2) is 14.6 Å². The second-order valence-corrected chi connectivity index (χ2v) is 6.13. The number of carboxylic acid groups (broad SMARTS) is 1. The molecular weight excluding hydrogens is 372 g/mol. The van der Waals surface area contributed by atoms with Crippen LogP contribution in [0.4, 0.5) is 11.5 Å². The molecular formula is C21H16N4O4. The molecule has 2 aromatic heterocycles. The van der Waals surface area contributed by atoms with Gasteiger partial charge in [-0.3, -0.25) is 9.38 Å². The number of aromatic carboxylic acids is 1. The third-order valence-corrected chi connectivity index (χ3v) is 4.43. The monoisotopic (exact) mass is 388 g/mol. The van der Waals surface area contributed by atoms with Gasteiger partial charge in [0.15, 0.2) is 5.65 Å². The quantitative estimate of drug-likeness (QED) is 0.503. The average Bonchev–Trinajstić information content (AvgIpc) is 3.12. The van der Waals surface area contributed by atoms with Crippen molar-refractivity contribution >= 4 is 29.1 Å². The van der Waals surface area contributed by atoms with Crippen LogP contribution >= 0.6 is 0 Å². The zero-order valence-electron chi connectivity index (χ0n) is 15.4. The Hall–Kier alpha value is -4.20. The fourth-order valence-corrected chi connectivity index (χ4v) is 3.10. The minimum Gasteiger partial charge on any atom is -0.478 e. The van der Waals surface area contributed by atoms with E-state index in [9.17, 15) is 14.7 Å². The van der Waals surface area contributed by atoms with Crippen LogP contribution in [0.1, 0.15) is 20.7 Å². The molecule has 2 aromatic carbocycles. The number of imidazole rings is 1. The Bertz CT molecular complexity index is 1230. The Labute approximate surface area is 165 Å². The minimum absolute atomic E-state index is 0.119. The highest BCUT2D eigenvalue weighted by molar-refractivity contribution is 5.99. The molecule has 0 spiro atoms. The van der Waals surface area contributed by atoms with Crippen molar-refractivity contribution in [2.45, 2.75) is 0 Å². The number of benzene rings is 2. The van der Waals surface area contributed by atoms with E-state index in [2.05, 4.69) is 15.3 Å². The van der Waals surface area contributed by atoms with E-state index in [1.54, 1.807) is 65.5 Å². The largest absolute Gasteiger partial charge is 0.478 e. The van der Waals surface area contributed by atoms with Gasteiger partial charge in [-0.1, -0.05) is 30.3 Å². The van der Waals surface area contributed by atoms with Gasteiger partial charge in [-0.2, -0.15) is 0 Å². The highest BCUT2D eigenvalue weighted by Gasteiger charge is 2.21. The number of carbonyl (C=O) groups excluding carboxylic acids is 1. The van der Waals surface area contributed by atoms with Crippen molar-refractivity contribution in [3.8, 4) is 11.3 Å². The summed E-state index contributed by atoms with van der Waals surface area (Å²) in [5.41, 5.74) is 2.37. The standard InChI is InChI=1S/C21H16N4O4/c1-29-21(28)15-8-4-5-9-16(15)23-19-18(24-17-12-22-10-11-25(17)19)13-6-2-3-7-14(13)20(26)27/h2-12,23H,1H3,(H,26,27). The number of aromatic nitrogens is 3.